The fourth-order valence-corrected chi connectivity index (χ4v) is 1.54. The highest BCUT2D eigenvalue weighted by molar-refractivity contribution is 9.10. The smallest absolute Gasteiger partial charge is 0.123 e. The fraction of sp³-hybridized carbons (Fsp3) is 0.182. The van der Waals surface area contributed by atoms with Crippen molar-refractivity contribution in [2.75, 3.05) is 6.61 Å². The van der Waals surface area contributed by atoms with Gasteiger partial charge in [0, 0.05) is 22.7 Å². The number of halogens is 1. The van der Waals surface area contributed by atoms with Crippen LogP contribution in [0.2, 0.25) is 0 Å². The Hall–Kier alpha value is -1.29. The lowest BCUT2D eigenvalue weighted by atomic mass is 10.1. The van der Waals surface area contributed by atoms with Crippen LogP contribution in [0.5, 0.6) is 5.75 Å². The van der Waals surface area contributed by atoms with Crippen LogP contribution in [0.4, 0.5) is 0 Å². The minimum Gasteiger partial charge on any atom is -0.489 e. The Balaban J connectivity index is 2.86. The van der Waals surface area contributed by atoms with Crippen molar-refractivity contribution in [3.8, 4) is 5.75 Å². The van der Waals surface area contributed by atoms with Crippen molar-refractivity contribution in [3.63, 3.8) is 0 Å². The van der Waals surface area contributed by atoms with E-state index < -0.39 is 0 Å². The molecule has 0 saturated carbocycles. The van der Waals surface area contributed by atoms with Crippen LogP contribution in [0.3, 0.4) is 0 Å². The lowest BCUT2D eigenvalue weighted by molar-refractivity contribution is 0.320. The van der Waals surface area contributed by atoms with E-state index in [0.717, 1.165) is 15.8 Å². The first-order chi connectivity index (χ1) is 7.27. The summed E-state index contributed by atoms with van der Waals surface area (Å²) < 4.78 is 6.42. The topological polar surface area (TPSA) is 41.8 Å². The summed E-state index contributed by atoms with van der Waals surface area (Å²) >= 11 is 3.37. The molecule has 80 valence electrons. The van der Waals surface area contributed by atoms with Crippen LogP contribution in [0.25, 0.3) is 0 Å². The van der Waals surface area contributed by atoms with E-state index in [0.29, 0.717) is 13.0 Å². The zero-order chi connectivity index (χ0) is 11.1. The second kappa shape index (κ2) is 6.24. The van der Waals surface area contributed by atoms with Gasteiger partial charge in [0.25, 0.3) is 0 Å². The van der Waals surface area contributed by atoms with Gasteiger partial charge < -0.3 is 9.94 Å². The molecule has 0 spiro atoms. The van der Waals surface area contributed by atoms with Gasteiger partial charge in [0.05, 0.1) is 0 Å². The van der Waals surface area contributed by atoms with Crippen LogP contribution in [-0.4, -0.2) is 18.0 Å². The Morgan fingerprint density at radius 2 is 2.33 bits per heavy atom. The standard InChI is InChI=1S/C11H12BrNO2/c1-2-7-15-11-4-3-10(12)8-9(11)5-6-13-14/h2-4,6,8,14H,1,5,7H2. The maximum absolute atomic E-state index is 8.36. The largest absolute Gasteiger partial charge is 0.489 e. The normalized spacial score (nSPS) is 10.5. The first-order valence-corrected chi connectivity index (χ1v) is 5.25. The molecule has 0 amide bonds. The summed E-state index contributed by atoms with van der Waals surface area (Å²) in [7, 11) is 0. The second-order valence-electron chi connectivity index (χ2n) is 2.85. The average molecular weight is 270 g/mol. The van der Waals surface area contributed by atoms with Crippen LogP contribution in [-0.2, 0) is 6.42 Å². The van der Waals surface area contributed by atoms with Crippen LogP contribution in [0.15, 0.2) is 40.5 Å². The Morgan fingerprint density at radius 3 is 3.00 bits per heavy atom. The number of nitrogens with zero attached hydrogens (tertiary/aromatic N) is 1. The third-order valence-corrected chi connectivity index (χ3v) is 2.27. The van der Waals surface area contributed by atoms with Crippen molar-refractivity contribution in [1.82, 2.24) is 0 Å². The lowest BCUT2D eigenvalue weighted by Gasteiger charge is -2.08. The molecule has 0 bridgehead atoms. The molecule has 0 aromatic heterocycles. The SMILES string of the molecule is C=CCOc1ccc(Br)cc1CC=NO. The van der Waals surface area contributed by atoms with E-state index in [1.165, 1.54) is 6.21 Å². The quantitative estimate of drug-likeness (QED) is 0.387. The fourth-order valence-electron chi connectivity index (χ4n) is 1.14. The van der Waals surface area contributed by atoms with Crippen molar-refractivity contribution in [3.05, 3.63) is 40.9 Å². The summed E-state index contributed by atoms with van der Waals surface area (Å²) in [6.07, 6.45) is 3.64. The summed E-state index contributed by atoms with van der Waals surface area (Å²) in [6.45, 7) is 4.05. The molecule has 0 aliphatic carbocycles. The van der Waals surface area contributed by atoms with Crippen molar-refractivity contribution < 1.29 is 9.94 Å². The molecule has 0 unspecified atom stereocenters. The van der Waals surface area contributed by atoms with Crippen molar-refractivity contribution in [2.24, 2.45) is 5.16 Å². The summed E-state index contributed by atoms with van der Waals surface area (Å²) in [5, 5.41) is 11.3. The first-order valence-electron chi connectivity index (χ1n) is 4.46. The molecule has 4 heteroatoms. The molecule has 1 aromatic rings. The molecule has 1 aromatic carbocycles. The Bertz CT molecular complexity index is 364. The Labute approximate surface area is 97.2 Å². The van der Waals surface area contributed by atoms with E-state index in [2.05, 4.69) is 27.7 Å². The molecule has 3 nitrogen and oxygen atoms in total. The van der Waals surface area contributed by atoms with Gasteiger partial charge >= 0.3 is 0 Å². The van der Waals surface area contributed by atoms with Crippen molar-refractivity contribution in [2.45, 2.75) is 6.42 Å². The zero-order valence-corrected chi connectivity index (χ0v) is 9.77. The summed E-state index contributed by atoms with van der Waals surface area (Å²) in [5.74, 6) is 0.776. The molecule has 0 aliphatic rings. The first kappa shape index (κ1) is 11.8. The van der Waals surface area contributed by atoms with Gasteiger partial charge in [-0.05, 0) is 18.2 Å². The molecule has 0 heterocycles. The molecule has 0 saturated heterocycles. The van der Waals surface area contributed by atoms with E-state index in [4.69, 9.17) is 9.94 Å². The summed E-state index contributed by atoms with van der Waals surface area (Å²) in [6, 6.07) is 5.70. The van der Waals surface area contributed by atoms with E-state index >= 15 is 0 Å². The van der Waals surface area contributed by atoms with Crippen molar-refractivity contribution in [1.29, 1.82) is 0 Å². The number of oxime groups is 1. The molecule has 0 fully saturated rings. The Kier molecular flexibility index (Phi) is 4.90. The molecular weight excluding hydrogens is 258 g/mol. The number of hydrogen-bond donors (Lipinski definition) is 1. The summed E-state index contributed by atoms with van der Waals surface area (Å²) in [4.78, 5) is 0. The van der Waals surface area contributed by atoms with Crippen LogP contribution < -0.4 is 4.74 Å². The maximum Gasteiger partial charge on any atom is 0.123 e. The van der Waals surface area contributed by atoms with Crippen molar-refractivity contribution >= 4 is 22.1 Å². The highest BCUT2D eigenvalue weighted by atomic mass is 79.9. The number of benzene rings is 1. The highest BCUT2D eigenvalue weighted by Crippen LogP contribution is 2.23. The van der Waals surface area contributed by atoms with E-state index in [9.17, 15) is 0 Å². The third kappa shape index (κ3) is 3.75. The number of hydrogen-bond acceptors (Lipinski definition) is 3. The third-order valence-electron chi connectivity index (χ3n) is 1.77. The van der Waals surface area contributed by atoms with E-state index in [1.807, 2.05) is 18.2 Å². The highest BCUT2D eigenvalue weighted by Gasteiger charge is 2.02. The van der Waals surface area contributed by atoms with Crippen LogP contribution in [0.1, 0.15) is 5.56 Å². The second-order valence-corrected chi connectivity index (χ2v) is 3.77. The van der Waals surface area contributed by atoms with Gasteiger partial charge in [0.2, 0.25) is 0 Å². The molecule has 0 radical (unpaired) electrons. The van der Waals surface area contributed by atoms with Gasteiger partial charge in [-0.2, -0.15) is 0 Å². The van der Waals surface area contributed by atoms with Gasteiger partial charge in [-0.25, -0.2) is 0 Å². The number of rotatable bonds is 5. The maximum atomic E-state index is 8.36. The van der Waals surface area contributed by atoms with Gasteiger partial charge in [0.1, 0.15) is 12.4 Å². The van der Waals surface area contributed by atoms with Crippen LogP contribution >= 0.6 is 15.9 Å². The van der Waals surface area contributed by atoms with Gasteiger partial charge in [0.15, 0.2) is 0 Å². The van der Waals surface area contributed by atoms with Gasteiger partial charge in [-0.3, -0.25) is 0 Å². The molecule has 0 aliphatic heterocycles. The molecule has 0 atom stereocenters. The monoisotopic (exact) mass is 269 g/mol. The van der Waals surface area contributed by atoms with Crippen LogP contribution in [0, 0.1) is 0 Å². The van der Waals surface area contributed by atoms with Gasteiger partial charge in [-0.1, -0.05) is 28.6 Å². The molecule has 1 rings (SSSR count). The minimum absolute atomic E-state index is 0.463. The summed E-state index contributed by atoms with van der Waals surface area (Å²) in [5.41, 5.74) is 0.962. The number of ether oxygens (including phenoxy) is 1. The molecule has 15 heavy (non-hydrogen) atoms. The predicted molar refractivity (Wildman–Crippen MR) is 63.8 cm³/mol. The van der Waals surface area contributed by atoms with Gasteiger partial charge in [-0.15, -0.1) is 5.16 Å². The Morgan fingerprint density at radius 1 is 1.53 bits per heavy atom. The zero-order valence-electron chi connectivity index (χ0n) is 8.19. The molecule has 1 N–H and O–H groups in total. The average Bonchev–Trinajstić information content (AvgIpc) is 2.25. The van der Waals surface area contributed by atoms with E-state index in [1.54, 1.807) is 6.08 Å². The lowest BCUT2D eigenvalue weighted by Crippen LogP contribution is -1.98. The molecular formula is C11H12BrNO2. The minimum atomic E-state index is 0.463. The van der Waals surface area contributed by atoms with E-state index in [-0.39, 0.29) is 0 Å². The predicted octanol–water partition coefficient (Wildman–Crippen LogP) is 3.02.